The van der Waals surface area contributed by atoms with Crippen molar-refractivity contribution >= 4 is 58.3 Å². The molecule has 35 heavy (non-hydrogen) atoms. The van der Waals surface area contributed by atoms with Crippen molar-refractivity contribution in [3.05, 3.63) is 57.6 Å². The van der Waals surface area contributed by atoms with Crippen LogP contribution in [0.15, 0.2) is 36.4 Å². The normalized spacial score (nSPS) is 13.2. The lowest BCUT2D eigenvalue weighted by atomic mass is 9.72. The highest BCUT2D eigenvalue weighted by atomic mass is 35.5. The van der Waals surface area contributed by atoms with Crippen molar-refractivity contribution in [1.82, 2.24) is 0 Å². The van der Waals surface area contributed by atoms with Gasteiger partial charge in [0.05, 0.1) is 10.0 Å². The van der Waals surface area contributed by atoms with Crippen LogP contribution in [0.3, 0.4) is 0 Å². The maximum Gasteiger partial charge on any atom is 0.360 e. The third-order valence-electron chi connectivity index (χ3n) is 4.62. The summed E-state index contributed by atoms with van der Waals surface area (Å²) in [6.45, 7) is 12.8. The predicted octanol–water partition coefficient (Wildman–Crippen LogP) is 7.76. The number of rotatable bonds is 8. The van der Waals surface area contributed by atoms with E-state index in [9.17, 15) is 9.59 Å². The number of aliphatic carboxylic acids is 2. The first kappa shape index (κ1) is 31.2. The number of aryl methyl sites for hydroxylation is 1. The van der Waals surface area contributed by atoms with Crippen molar-refractivity contribution in [3.8, 4) is 11.5 Å². The maximum absolute atomic E-state index is 10.7. The zero-order valence-electron chi connectivity index (χ0n) is 20.4. The molecule has 0 fully saturated rings. The van der Waals surface area contributed by atoms with E-state index in [1.807, 2.05) is 19.1 Å². The minimum Gasteiger partial charge on any atom is -0.478 e. The van der Waals surface area contributed by atoms with E-state index in [2.05, 4.69) is 34.6 Å². The van der Waals surface area contributed by atoms with Crippen LogP contribution in [0.1, 0.15) is 52.2 Å². The molecule has 2 unspecified atom stereocenters. The zero-order valence-corrected chi connectivity index (χ0v) is 23.4. The Kier molecular flexibility index (Phi) is 11.5. The quantitative estimate of drug-likeness (QED) is 0.316. The second-order valence-corrected chi connectivity index (χ2v) is 11.4. The number of hydrogen-bond donors (Lipinski definition) is 2. The van der Waals surface area contributed by atoms with E-state index in [4.69, 9.17) is 66.1 Å². The fourth-order valence-electron chi connectivity index (χ4n) is 3.47. The van der Waals surface area contributed by atoms with E-state index in [1.54, 1.807) is 24.3 Å². The van der Waals surface area contributed by atoms with Crippen LogP contribution in [0.4, 0.5) is 0 Å². The van der Waals surface area contributed by atoms with Crippen molar-refractivity contribution < 1.29 is 29.3 Å². The van der Waals surface area contributed by atoms with E-state index < -0.39 is 23.1 Å². The lowest BCUT2D eigenvalue weighted by Gasteiger charge is -2.33. The van der Waals surface area contributed by atoms with Crippen LogP contribution in [-0.2, 0) is 15.0 Å². The zero-order chi connectivity index (χ0) is 27.1. The number of carboxylic acids is 2. The van der Waals surface area contributed by atoms with Gasteiger partial charge in [-0.3, -0.25) is 0 Å². The monoisotopic (exact) mass is 566 g/mol. The summed E-state index contributed by atoms with van der Waals surface area (Å²) in [7, 11) is 0. The molecule has 2 aromatic rings. The van der Waals surface area contributed by atoms with Gasteiger partial charge in [-0.05, 0) is 59.6 Å². The summed E-state index contributed by atoms with van der Waals surface area (Å²) in [4.78, 5) is 21.1. The molecule has 0 aromatic heterocycles. The van der Waals surface area contributed by atoms with Crippen LogP contribution < -0.4 is 9.47 Å². The summed E-state index contributed by atoms with van der Waals surface area (Å²) in [5, 5.41) is 17.9. The third kappa shape index (κ3) is 10.7. The van der Waals surface area contributed by atoms with Gasteiger partial charge < -0.3 is 19.7 Å². The molecule has 2 aromatic carbocycles. The summed E-state index contributed by atoms with van der Waals surface area (Å²) in [6.07, 6.45) is 0.990. The Morgan fingerprint density at radius 2 is 1.26 bits per heavy atom. The highest BCUT2D eigenvalue weighted by Gasteiger charge is 2.28. The Labute approximate surface area is 226 Å². The van der Waals surface area contributed by atoms with Gasteiger partial charge in [0.15, 0.2) is 0 Å². The first-order valence-electron chi connectivity index (χ1n) is 10.6. The summed E-state index contributed by atoms with van der Waals surface area (Å²) < 4.78 is 10.0. The standard InChI is InChI=1S/C16H22Cl2O3.C9H8Cl2O3/c1-15(2,3)9-16(4,5)10-6-7-12(11(17)8-10)21-13(18)14(19)20;1-5-2-3-7(6(10)4-5)14-8(11)9(12)13/h6-8,13H,9H2,1-5H3,(H,19,20);2-4,8H,1H3,(H,12,13). The smallest absolute Gasteiger partial charge is 0.360 e. The van der Waals surface area contributed by atoms with Crippen LogP contribution in [-0.4, -0.2) is 33.3 Å². The van der Waals surface area contributed by atoms with Gasteiger partial charge in [-0.15, -0.1) is 0 Å². The molecule has 0 saturated heterocycles. The molecule has 0 aliphatic heterocycles. The van der Waals surface area contributed by atoms with Crippen molar-refractivity contribution in [2.75, 3.05) is 0 Å². The molecule has 0 radical (unpaired) electrons. The van der Waals surface area contributed by atoms with Gasteiger partial charge in [0, 0.05) is 0 Å². The maximum atomic E-state index is 10.7. The Balaban J connectivity index is 0.000000379. The number of alkyl halides is 2. The molecule has 0 bridgehead atoms. The van der Waals surface area contributed by atoms with Gasteiger partial charge in [-0.2, -0.15) is 0 Å². The molecule has 6 nitrogen and oxygen atoms in total. The van der Waals surface area contributed by atoms with E-state index in [0.29, 0.717) is 10.0 Å². The van der Waals surface area contributed by atoms with Crippen molar-refractivity contribution in [3.63, 3.8) is 0 Å². The summed E-state index contributed by atoms with van der Waals surface area (Å²) in [5.41, 5.74) is -0.685. The lowest BCUT2D eigenvalue weighted by Crippen LogP contribution is -2.25. The van der Waals surface area contributed by atoms with E-state index in [-0.39, 0.29) is 22.3 Å². The van der Waals surface area contributed by atoms with Gasteiger partial charge in [0.25, 0.3) is 11.1 Å². The molecule has 0 amide bonds. The number of carboxylic acid groups (broad SMARTS) is 2. The topological polar surface area (TPSA) is 93.1 Å². The van der Waals surface area contributed by atoms with Crippen molar-refractivity contribution in [1.29, 1.82) is 0 Å². The molecule has 2 rings (SSSR count). The lowest BCUT2D eigenvalue weighted by molar-refractivity contribution is -0.142. The average molecular weight is 568 g/mol. The van der Waals surface area contributed by atoms with Gasteiger partial charge >= 0.3 is 11.9 Å². The van der Waals surface area contributed by atoms with Crippen LogP contribution in [0.5, 0.6) is 11.5 Å². The summed E-state index contributed by atoms with van der Waals surface area (Å²) >= 11 is 22.9. The van der Waals surface area contributed by atoms with Gasteiger partial charge in [0.2, 0.25) is 0 Å². The second kappa shape index (κ2) is 12.9. The molecular formula is C25H30Cl4O6. The molecule has 0 spiro atoms. The fraction of sp³-hybridized carbons (Fsp3) is 0.440. The molecule has 10 heteroatoms. The Bertz CT molecular complexity index is 1030. The van der Waals surface area contributed by atoms with Crippen molar-refractivity contribution in [2.45, 2.75) is 64.5 Å². The predicted molar refractivity (Wildman–Crippen MR) is 141 cm³/mol. The minimum atomic E-state index is -1.45. The number of halogens is 4. The Morgan fingerprint density at radius 1 is 0.829 bits per heavy atom. The fourth-order valence-corrected chi connectivity index (χ4v) is 4.17. The average Bonchev–Trinajstić information content (AvgIpc) is 2.69. The number of ether oxygens (including phenoxy) is 2. The highest BCUT2D eigenvalue weighted by molar-refractivity contribution is 6.33. The number of carbonyl (C=O) groups is 2. The molecule has 2 atom stereocenters. The SMILES string of the molecule is CC(C)(C)CC(C)(C)c1ccc(OC(Cl)C(=O)O)c(Cl)c1.Cc1ccc(OC(Cl)C(=O)O)c(Cl)c1. The molecule has 0 saturated carbocycles. The Morgan fingerprint density at radius 3 is 1.63 bits per heavy atom. The third-order valence-corrected chi connectivity index (χ3v) is 5.76. The second-order valence-electron chi connectivity index (χ2n) is 9.74. The van der Waals surface area contributed by atoms with Crippen LogP contribution in [0, 0.1) is 12.3 Å². The van der Waals surface area contributed by atoms with Crippen molar-refractivity contribution in [2.24, 2.45) is 5.41 Å². The van der Waals surface area contributed by atoms with Crippen LogP contribution in [0.2, 0.25) is 10.0 Å². The van der Waals surface area contributed by atoms with Crippen LogP contribution >= 0.6 is 46.4 Å². The van der Waals surface area contributed by atoms with E-state index in [1.165, 1.54) is 0 Å². The first-order chi connectivity index (χ1) is 15.9. The van der Waals surface area contributed by atoms with E-state index >= 15 is 0 Å². The highest BCUT2D eigenvalue weighted by Crippen LogP contribution is 2.39. The molecular weight excluding hydrogens is 538 g/mol. The van der Waals surface area contributed by atoms with E-state index in [0.717, 1.165) is 17.5 Å². The minimum absolute atomic E-state index is 0.0480. The van der Waals surface area contributed by atoms with Crippen LogP contribution in [0.25, 0.3) is 0 Å². The number of hydrogen-bond acceptors (Lipinski definition) is 4. The summed E-state index contributed by atoms with van der Waals surface area (Å²) in [5.74, 6) is -1.96. The summed E-state index contributed by atoms with van der Waals surface area (Å²) in [6, 6.07) is 10.4. The number of benzene rings is 2. The van der Waals surface area contributed by atoms with Gasteiger partial charge in [0.1, 0.15) is 11.5 Å². The van der Waals surface area contributed by atoms with Gasteiger partial charge in [-0.1, -0.05) is 93.2 Å². The largest absolute Gasteiger partial charge is 0.478 e. The molecule has 2 N–H and O–H groups in total. The first-order valence-corrected chi connectivity index (χ1v) is 12.2. The molecule has 0 aliphatic carbocycles. The van der Waals surface area contributed by atoms with Gasteiger partial charge in [-0.25, -0.2) is 9.59 Å². The molecule has 194 valence electrons. The molecule has 0 heterocycles. The molecule has 0 aliphatic rings. The Hall–Kier alpha value is -1.86.